The number of fused-ring (bicyclic) bond motifs is 2. The predicted molar refractivity (Wildman–Crippen MR) is 116 cm³/mol. The van der Waals surface area contributed by atoms with Gasteiger partial charge in [-0.15, -0.1) is 0 Å². The van der Waals surface area contributed by atoms with Crippen LogP contribution < -0.4 is 15.5 Å². The van der Waals surface area contributed by atoms with E-state index in [4.69, 9.17) is 20.8 Å². The summed E-state index contributed by atoms with van der Waals surface area (Å²) in [6.45, 7) is 0. The molecule has 29 heavy (non-hydrogen) atoms. The van der Waals surface area contributed by atoms with Crippen molar-refractivity contribution >= 4 is 51.2 Å². The van der Waals surface area contributed by atoms with Gasteiger partial charge in [-0.05, 0) is 48.0 Å². The van der Waals surface area contributed by atoms with Crippen LogP contribution in [0.15, 0.2) is 76.0 Å². The topological polar surface area (TPSA) is 68.5 Å². The Labute approximate surface area is 171 Å². The summed E-state index contributed by atoms with van der Waals surface area (Å²) in [6.07, 6.45) is 3.11. The van der Waals surface area contributed by atoms with Crippen LogP contribution >= 0.6 is 11.6 Å². The molecule has 0 unspecified atom stereocenters. The van der Waals surface area contributed by atoms with Crippen molar-refractivity contribution in [1.29, 1.82) is 0 Å². The molecule has 3 aromatic carbocycles. The molecule has 0 aliphatic carbocycles. The number of nitrogens with one attached hydrogen (secondary N) is 1. The van der Waals surface area contributed by atoms with E-state index in [0.717, 1.165) is 5.56 Å². The lowest BCUT2D eigenvalue weighted by atomic mass is 10.1. The number of methoxy groups -OCH3 is 1. The summed E-state index contributed by atoms with van der Waals surface area (Å²) in [4.78, 5) is 25.0. The number of ether oxygens (including phenoxy) is 1. The van der Waals surface area contributed by atoms with Crippen LogP contribution in [0.25, 0.3) is 28.0 Å². The van der Waals surface area contributed by atoms with Crippen LogP contribution in [0.4, 0.5) is 5.69 Å². The molecule has 0 bridgehead atoms. The molecule has 1 amide bonds. The third-order valence-corrected chi connectivity index (χ3v) is 4.70. The highest BCUT2D eigenvalue weighted by Gasteiger charge is 2.12. The number of anilines is 1. The second kappa shape index (κ2) is 7.81. The Bertz CT molecular complexity index is 1310. The standard InChI is InChI=1S/C23H16ClNO4/c1-28-19-4-2-3-18-22(27)17-11-10-16(13-20(17)29-23(18)19)25-21(26)12-7-14-5-8-15(24)9-6-14/h2-13H,1H3,(H,25,26)/b12-7+. The molecule has 1 N–H and O–H groups in total. The van der Waals surface area contributed by atoms with E-state index in [1.54, 1.807) is 54.6 Å². The zero-order valence-corrected chi connectivity index (χ0v) is 16.2. The molecular formula is C23H16ClNO4. The summed E-state index contributed by atoms with van der Waals surface area (Å²) in [5.74, 6) is 0.168. The highest BCUT2D eigenvalue weighted by Crippen LogP contribution is 2.28. The van der Waals surface area contributed by atoms with Gasteiger partial charge in [0, 0.05) is 22.9 Å². The fourth-order valence-corrected chi connectivity index (χ4v) is 3.14. The number of carbonyl (C=O) groups is 1. The van der Waals surface area contributed by atoms with Crippen LogP contribution in [0.2, 0.25) is 5.02 Å². The summed E-state index contributed by atoms with van der Waals surface area (Å²) < 4.78 is 11.2. The summed E-state index contributed by atoms with van der Waals surface area (Å²) in [5.41, 5.74) is 1.96. The first kappa shape index (κ1) is 18.8. The number of hydrogen-bond donors (Lipinski definition) is 1. The number of amides is 1. The lowest BCUT2D eigenvalue weighted by Crippen LogP contribution is -2.08. The van der Waals surface area contributed by atoms with Gasteiger partial charge in [-0.2, -0.15) is 0 Å². The molecule has 1 aromatic heterocycles. The molecule has 0 fully saturated rings. The first-order valence-electron chi connectivity index (χ1n) is 8.83. The van der Waals surface area contributed by atoms with Gasteiger partial charge in [-0.1, -0.05) is 29.8 Å². The van der Waals surface area contributed by atoms with Crippen LogP contribution in [-0.4, -0.2) is 13.0 Å². The number of para-hydroxylation sites is 1. The summed E-state index contributed by atoms with van der Waals surface area (Å²) in [7, 11) is 1.52. The average Bonchev–Trinajstić information content (AvgIpc) is 2.73. The zero-order valence-electron chi connectivity index (χ0n) is 15.4. The maximum atomic E-state index is 12.7. The first-order chi connectivity index (χ1) is 14.0. The molecule has 144 valence electrons. The molecule has 0 aliphatic heterocycles. The van der Waals surface area contributed by atoms with Crippen molar-refractivity contribution < 1.29 is 13.9 Å². The molecule has 4 aromatic rings. The van der Waals surface area contributed by atoms with Gasteiger partial charge in [0.15, 0.2) is 11.3 Å². The fraction of sp³-hybridized carbons (Fsp3) is 0.0435. The van der Waals surface area contributed by atoms with Gasteiger partial charge < -0.3 is 14.5 Å². The number of carbonyl (C=O) groups excluding carboxylic acids is 1. The second-order valence-electron chi connectivity index (χ2n) is 6.35. The van der Waals surface area contributed by atoms with Crippen molar-refractivity contribution in [3.8, 4) is 5.75 Å². The van der Waals surface area contributed by atoms with Gasteiger partial charge in [0.2, 0.25) is 11.3 Å². The van der Waals surface area contributed by atoms with E-state index in [1.807, 2.05) is 12.1 Å². The minimum Gasteiger partial charge on any atom is -0.493 e. The maximum absolute atomic E-state index is 12.7. The molecule has 0 spiro atoms. The highest BCUT2D eigenvalue weighted by molar-refractivity contribution is 6.30. The quantitative estimate of drug-likeness (QED) is 0.371. The number of rotatable bonds is 4. The van der Waals surface area contributed by atoms with Crippen molar-refractivity contribution in [3.05, 3.63) is 87.5 Å². The van der Waals surface area contributed by atoms with Gasteiger partial charge >= 0.3 is 0 Å². The summed E-state index contributed by atoms with van der Waals surface area (Å²) in [6, 6.07) is 17.2. The summed E-state index contributed by atoms with van der Waals surface area (Å²) in [5, 5.41) is 4.27. The van der Waals surface area contributed by atoms with E-state index in [9.17, 15) is 9.59 Å². The van der Waals surface area contributed by atoms with Crippen molar-refractivity contribution in [2.45, 2.75) is 0 Å². The van der Waals surface area contributed by atoms with Crippen LogP contribution in [-0.2, 0) is 4.79 Å². The second-order valence-corrected chi connectivity index (χ2v) is 6.79. The Morgan fingerprint density at radius 1 is 1.07 bits per heavy atom. The van der Waals surface area contributed by atoms with Gasteiger partial charge in [-0.25, -0.2) is 0 Å². The molecule has 0 radical (unpaired) electrons. The van der Waals surface area contributed by atoms with E-state index in [-0.39, 0.29) is 11.3 Å². The van der Waals surface area contributed by atoms with Crippen LogP contribution in [0, 0.1) is 0 Å². The van der Waals surface area contributed by atoms with Crippen molar-refractivity contribution in [1.82, 2.24) is 0 Å². The van der Waals surface area contributed by atoms with Crippen LogP contribution in [0.3, 0.4) is 0 Å². The van der Waals surface area contributed by atoms with Crippen LogP contribution in [0.5, 0.6) is 5.75 Å². The third kappa shape index (κ3) is 3.86. The van der Waals surface area contributed by atoms with E-state index < -0.39 is 0 Å². The molecule has 0 saturated carbocycles. The third-order valence-electron chi connectivity index (χ3n) is 4.45. The number of halogens is 1. The summed E-state index contributed by atoms with van der Waals surface area (Å²) >= 11 is 5.85. The molecule has 6 heteroatoms. The van der Waals surface area contributed by atoms with E-state index in [2.05, 4.69) is 5.32 Å². The lowest BCUT2D eigenvalue weighted by molar-refractivity contribution is -0.111. The lowest BCUT2D eigenvalue weighted by Gasteiger charge is -2.07. The van der Waals surface area contributed by atoms with Gasteiger partial charge in [0.05, 0.1) is 17.9 Å². The fourth-order valence-electron chi connectivity index (χ4n) is 3.02. The molecule has 1 heterocycles. The number of benzene rings is 3. The molecule has 4 rings (SSSR count). The van der Waals surface area contributed by atoms with E-state index >= 15 is 0 Å². The molecule has 0 aliphatic rings. The first-order valence-corrected chi connectivity index (χ1v) is 9.21. The van der Waals surface area contributed by atoms with Gasteiger partial charge in [-0.3, -0.25) is 9.59 Å². The van der Waals surface area contributed by atoms with Gasteiger partial charge in [0.1, 0.15) is 5.58 Å². The predicted octanol–water partition coefficient (Wildman–Crippen LogP) is 5.26. The van der Waals surface area contributed by atoms with Crippen molar-refractivity contribution in [3.63, 3.8) is 0 Å². The maximum Gasteiger partial charge on any atom is 0.248 e. The van der Waals surface area contributed by atoms with Crippen molar-refractivity contribution in [2.24, 2.45) is 0 Å². The Morgan fingerprint density at radius 3 is 2.62 bits per heavy atom. The minimum atomic E-state index is -0.306. The van der Waals surface area contributed by atoms with E-state index in [1.165, 1.54) is 13.2 Å². The van der Waals surface area contributed by atoms with Crippen molar-refractivity contribution in [2.75, 3.05) is 12.4 Å². The van der Waals surface area contributed by atoms with E-state index in [0.29, 0.717) is 38.4 Å². The monoisotopic (exact) mass is 405 g/mol. The minimum absolute atomic E-state index is 0.152. The molecule has 0 saturated heterocycles. The SMILES string of the molecule is COc1cccc2c(=O)c3ccc(NC(=O)/C=C/c4ccc(Cl)cc4)cc3oc12. The largest absolute Gasteiger partial charge is 0.493 e. The number of hydrogen-bond acceptors (Lipinski definition) is 4. The smallest absolute Gasteiger partial charge is 0.248 e. The highest BCUT2D eigenvalue weighted by atomic mass is 35.5. The zero-order chi connectivity index (χ0) is 20.4. The van der Waals surface area contributed by atoms with Gasteiger partial charge in [0.25, 0.3) is 0 Å². The average molecular weight is 406 g/mol. The molecule has 5 nitrogen and oxygen atoms in total. The molecule has 0 atom stereocenters. The Balaban J connectivity index is 1.64. The normalized spacial score (nSPS) is 11.2. The Hall–Kier alpha value is -3.57. The van der Waals surface area contributed by atoms with Crippen LogP contribution in [0.1, 0.15) is 5.56 Å². The molecular weight excluding hydrogens is 390 g/mol. The Morgan fingerprint density at radius 2 is 1.86 bits per heavy atom. The Kier molecular flexibility index (Phi) is 5.06.